The minimum Gasteiger partial charge on any atom is -0.472 e. The van der Waals surface area contributed by atoms with Crippen molar-refractivity contribution in [1.29, 1.82) is 0 Å². The van der Waals surface area contributed by atoms with Gasteiger partial charge in [-0.15, -0.1) is 0 Å². The summed E-state index contributed by atoms with van der Waals surface area (Å²) >= 11 is 0. The molecule has 6 rings (SSSR count). The molecule has 1 saturated heterocycles. The lowest BCUT2D eigenvalue weighted by Crippen LogP contribution is -2.50. The van der Waals surface area contributed by atoms with Crippen molar-refractivity contribution in [1.82, 2.24) is 10.2 Å². The Bertz CT molecular complexity index is 1190. The first kappa shape index (κ1) is 22.0. The van der Waals surface area contributed by atoms with E-state index in [1.165, 1.54) is 5.56 Å². The largest absolute Gasteiger partial charge is 0.472 e. The second-order valence-electron chi connectivity index (χ2n) is 10.0. The Labute approximate surface area is 205 Å². The highest BCUT2D eigenvalue weighted by molar-refractivity contribution is 5.94. The van der Waals surface area contributed by atoms with Crippen LogP contribution in [0.1, 0.15) is 65.7 Å². The van der Waals surface area contributed by atoms with E-state index in [1.807, 2.05) is 48.7 Å². The van der Waals surface area contributed by atoms with E-state index in [0.29, 0.717) is 5.56 Å². The van der Waals surface area contributed by atoms with E-state index in [-0.39, 0.29) is 41.8 Å². The van der Waals surface area contributed by atoms with Gasteiger partial charge in [-0.1, -0.05) is 49.2 Å². The molecule has 2 amide bonds. The van der Waals surface area contributed by atoms with E-state index in [4.69, 9.17) is 4.42 Å². The summed E-state index contributed by atoms with van der Waals surface area (Å²) < 4.78 is 5.40. The Balaban J connectivity index is 1.27. The molecule has 1 saturated carbocycles. The zero-order valence-electron chi connectivity index (χ0n) is 19.7. The number of anilines is 1. The smallest absolute Gasteiger partial charge is 0.251 e. The molecule has 6 heteroatoms. The van der Waals surface area contributed by atoms with Crippen molar-refractivity contribution in [3.63, 3.8) is 0 Å². The normalized spacial score (nSPS) is 27.4. The lowest BCUT2D eigenvalue weighted by molar-refractivity contribution is -0.138. The third-order valence-corrected chi connectivity index (χ3v) is 8.08. The maximum atomic E-state index is 14.1. The molecule has 6 nitrogen and oxygen atoms in total. The quantitative estimate of drug-likeness (QED) is 0.542. The highest BCUT2D eigenvalue weighted by Gasteiger charge is 2.48. The fourth-order valence-electron chi connectivity index (χ4n) is 6.41. The first-order chi connectivity index (χ1) is 17.2. The topological polar surface area (TPSA) is 74.6 Å². The van der Waals surface area contributed by atoms with Crippen molar-refractivity contribution < 1.29 is 14.0 Å². The number of carbonyl (C=O) groups excluding carboxylic acids is 2. The molecule has 0 unspecified atom stereocenters. The number of amides is 2. The van der Waals surface area contributed by atoms with Crippen LogP contribution in [0.2, 0.25) is 0 Å². The van der Waals surface area contributed by atoms with Crippen molar-refractivity contribution in [2.45, 2.75) is 50.2 Å². The minimum atomic E-state index is -0.190. The maximum absolute atomic E-state index is 14.1. The molecule has 0 spiro atoms. The summed E-state index contributed by atoms with van der Waals surface area (Å²) in [5.74, 6) is 0.164. The summed E-state index contributed by atoms with van der Waals surface area (Å²) in [6, 6.07) is 19.6. The molecular weight excluding hydrogens is 438 g/mol. The number of hydrogen-bond acceptors (Lipinski definition) is 4. The molecule has 2 N–H and O–H groups in total. The second kappa shape index (κ2) is 9.25. The van der Waals surface area contributed by atoms with E-state index < -0.39 is 0 Å². The van der Waals surface area contributed by atoms with Crippen LogP contribution in [0, 0.1) is 11.8 Å². The monoisotopic (exact) mass is 469 g/mol. The molecule has 3 heterocycles. The van der Waals surface area contributed by atoms with Crippen molar-refractivity contribution in [2.75, 3.05) is 11.9 Å². The lowest BCUT2D eigenvalue weighted by atomic mass is 9.79. The molecule has 0 radical (unpaired) electrons. The summed E-state index contributed by atoms with van der Waals surface area (Å²) in [5.41, 5.74) is 4.02. The fourth-order valence-corrected chi connectivity index (χ4v) is 6.41. The van der Waals surface area contributed by atoms with Gasteiger partial charge < -0.3 is 20.0 Å². The number of hydrogen-bond donors (Lipinski definition) is 2. The number of nitrogens with zero attached hydrogens (tertiary/aromatic N) is 1. The Hall–Kier alpha value is -3.54. The van der Waals surface area contributed by atoms with Crippen LogP contribution in [-0.4, -0.2) is 29.3 Å². The second-order valence-corrected chi connectivity index (χ2v) is 10.0. The SMILES string of the molecule is O=C(N[C@@H]1CCCC[C@@H]1C(=O)N1CC[C@H]2[C@@H](c3ccoc3)Nc3ccccc3[C@H]21)c1ccccc1. The average Bonchev–Trinajstić information content (AvgIpc) is 3.60. The van der Waals surface area contributed by atoms with Gasteiger partial charge in [0.05, 0.1) is 30.5 Å². The van der Waals surface area contributed by atoms with Gasteiger partial charge in [-0.2, -0.15) is 0 Å². The molecule has 5 atom stereocenters. The Morgan fingerprint density at radius 3 is 2.57 bits per heavy atom. The molecule has 2 aliphatic heterocycles. The molecule has 1 aromatic heterocycles. The van der Waals surface area contributed by atoms with Crippen LogP contribution >= 0.6 is 0 Å². The highest BCUT2D eigenvalue weighted by Crippen LogP contribution is 2.51. The van der Waals surface area contributed by atoms with Gasteiger partial charge in [0.25, 0.3) is 5.91 Å². The van der Waals surface area contributed by atoms with E-state index in [0.717, 1.165) is 49.9 Å². The van der Waals surface area contributed by atoms with Crippen LogP contribution in [0.5, 0.6) is 0 Å². The van der Waals surface area contributed by atoms with Gasteiger partial charge in [0, 0.05) is 35.3 Å². The predicted molar refractivity (Wildman–Crippen MR) is 134 cm³/mol. The lowest BCUT2D eigenvalue weighted by Gasteiger charge is -2.41. The van der Waals surface area contributed by atoms with E-state index in [2.05, 4.69) is 33.7 Å². The van der Waals surface area contributed by atoms with Crippen LogP contribution in [0.4, 0.5) is 5.69 Å². The third-order valence-electron chi connectivity index (χ3n) is 8.08. The summed E-state index contributed by atoms with van der Waals surface area (Å²) in [6.07, 6.45) is 8.16. The molecule has 0 bridgehead atoms. The van der Waals surface area contributed by atoms with Crippen LogP contribution in [0.3, 0.4) is 0 Å². The third kappa shape index (κ3) is 4.01. The first-order valence-corrected chi connectivity index (χ1v) is 12.7. The van der Waals surface area contributed by atoms with Gasteiger partial charge in [0.2, 0.25) is 5.91 Å². The van der Waals surface area contributed by atoms with Gasteiger partial charge in [0.15, 0.2) is 0 Å². The van der Waals surface area contributed by atoms with Gasteiger partial charge in [-0.3, -0.25) is 9.59 Å². The Morgan fingerprint density at radius 1 is 0.943 bits per heavy atom. The zero-order chi connectivity index (χ0) is 23.8. The fraction of sp³-hybridized carbons (Fsp3) is 0.379. The predicted octanol–water partition coefficient (Wildman–Crippen LogP) is 5.32. The van der Waals surface area contributed by atoms with Crippen molar-refractivity contribution in [2.24, 2.45) is 11.8 Å². The summed E-state index contributed by atoms with van der Waals surface area (Å²) in [5, 5.41) is 6.91. The van der Waals surface area contributed by atoms with Crippen molar-refractivity contribution in [3.8, 4) is 0 Å². The molecule has 2 fully saturated rings. The summed E-state index contributed by atoms with van der Waals surface area (Å²) in [7, 11) is 0. The molecule has 1 aliphatic carbocycles. The van der Waals surface area contributed by atoms with E-state index >= 15 is 0 Å². The molecule has 3 aromatic rings. The molecule has 180 valence electrons. The standard InChI is InChI=1S/C29H31N3O3/c33-28(19-8-2-1-3-9-19)31-25-13-7-5-11-22(25)29(34)32-16-14-23-26(20-15-17-35-18-20)30-24-12-6-4-10-21(24)27(23)32/h1-4,6,8-10,12,15,17-18,22-23,25-27,30H,5,7,11,13-14,16H2,(H,31,33)/t22-,23-,25+,26+,27+/m0/s1. The number of carbonyl (C=O) groups is 2. The molecule has 3 aliphatic rings. The average molecular weight is 470 g/mol. The van der Waals surface area contributed by atoms with Crippen LogP contribution in [0.15, 0.2) is 77.6 Å². The Morgan fingerprint density at radius 2 is 1.74 bits per heavy atom. The molecule has 35 heavy (non-hydrogen) atoms. The van der Waals surface area contributed by atoms with Crippen LogP contribution in [0.25, 0.3) is 0 Å². The molecule has 2 aromatic carbocycles. The number of benzene rings is 2. The maximum Gasteiger partial charge on any atom is 0.251 e. The number of para-hydroxylation sites is 1. The van der Waals surface area contributed by atoms with Crippen LogP contribution in [-0.2, 0) is 4.79 Å². The minimum absolute atomic E-state index is 0.0206. The number of likely N-dealkylation sites (tertiary alicyclic amines) is 1. The number of fused-ring (bicyclic) bond motifs is 3. The number of furan rings is 1. The van der Waals surface area contributed by atoms with Gasteiger partial charge in [-0.05, 0) is 49.1 Å². The van der Waals surface area contributed by atoms with Gasteiger partial charge >= 0.3 is 0 Å². The van der Waals surface area contributed by atoms with Crippen LogP contribution < -0.4 is 10.6 Å². The van der Waals surface area contributed by atoms with Gasteiger partial charge in [0.1, 0.15) is 0 Å². The summed E-state index contributed by atoms with van der Waals surface area (Å²) in [6.45, 7) is 0.731. The number of nitrogens with one attached hydrogen (secondary N) is 2. The molecular formula is C29H31N3O3. The van der Waals surface area contributed by atoms with E-state index in [1.54, 1.807) is 6.26 Å². The van der Waals surface area contributed by atoms with Gasteiger partial charge in [-0.25, -0.2) is 0 Å². The first-order valence-electron chi connectivity index (χ1n) is 12.7. The van der Waals surface area contributed by atoms with Crippen molar-refractivity contribution in [3.05, 3.63) is 89.9 Å². The van der Waals surface area contributed by atoms with Crippen molar-refractivity contribution >= 4 is 17.5 Å². The highest BCUT2D eigenvalue weighted by atomic mass is 16.3. The number of rotatable bonds is 4. The zero-order valence-corrected chi connectivity index (χ0v) is 19.7. The van der Waals surface area contributed by atoms with E-state index in [9.17, 15) is 9.59 Å². The Kier molecular flexibility index (Phi) is 5.80. The summed E-state index contributed by atoms with van der Waals surface area (Å²) in [4.78, 5) is 29.1.